The number of rotatable bonds is 4. The van der Waals surface area contributed by atoms with Crippen LogP contribution in [0.25, 0.3) is 0 Å². The molecule has 1 aromatic heterocycles. The van der Waals surface area contributed by atoms with Gasteiger partial charge in [0, 0.05) is 6.54 Å². The topological polar surface area (TPSA) is 88.1 Å². The third-order valence-corrected chi connectivity index (χ3v) is 3.00. The largest absolute Gasteiger partial charge is 0.495 e. The normalized spacial score (nSPS) is 10.1. The van der Waals surface area contributed by atoms with Crippen LogP contribution in [0.1, 0.15) is 27.4 Å². The van der Waals surface area contributed by atoms with Gasteiger partial charge in [0.2, 0.25) is 0 Å². The zero-order valence-electron chi connectivity index (χ0n) is 11.1. The standard InChI is InChI=1S/C14H13N3O3/c1-9-16-7-12(14(18)19)17(9)8-10-3-4-13(20-2)11(5-10)6-15/h3-5,7H,8H2,1-2H3,(H,18,19). The molecule has 20 heavy (non-hydrogen) atoms. The third-order valence-electron chi connectivity index (χ3n) is 3.00. The van der Waals surface area contributed by atoms with Crippen LogP contribution in [0.15, 0.2) is 24.4 Å². The highest BCUT2D eigenvalue weighted by molar-refractivity contribution is 5.85. The van der Waals surface area contributed by atoms with Gasteiger partial charge in [-0.2, -0.15) is 5.26 Å². The summed E-state index contributed by atoms with van der Waals surface area (Å²) in [6.45, 7) is 2.08. The molecule has 0 amide bonds. The van der Waals surface area contributed by atoms with Crippen LogP contribution in [-0.2, 0) is 6.54 Å². The minimum atomic E-state index is -1.03. The van der Waals surface area contributed by atoms with E-state index in [1.165, 1.54) is 13.3 Å². The summed E-state index contributed by atoms with van der Waals surface area (Å²) < 4.78 is 6.66. The van der Waals surface area contributed by atoms with E-state index in [9.17, 15) is 4.79 Å². The Balaban J connectivity index is 2.38. The molecule has 0 aliphatic carbocycles. The van der Waals surface area contributed by atoms with Crippen molar-refractivity contribution in [2.75, 3.05) is 7.11 Å². The molecule has 0 spiro atoms. The molecule has 0 bridgehead atoms. The van der Waals surface area contributed by atoms with Crippen LogP contribution in [0.2, 0.25) is 0 Å². The van der Waals surface area contributed by atoms with Crippen molar-refractivity contribution in [1.82, 2.24) is 9.55 Å². The van der Waals surface area contributed by atoms with Gasteiger partial charge in [0.05, 0.1) is 18.9 Å². The fraction of sp³-hybridized carbons (Fsp3) is 0.214. The number of nitriles is 1. The molecule has 0 unspecified atom stereocenters. The van der Waals surface area contributed by atoms with E-state index in [0.717, 1.165) is 5.56 Å². The SMILES string of the molecule is COc1ccc(Cn2c(C(=O)O)cnc2C)cc1C#N. The number of carboxylic acids is 1. The Bertz CT molecular complexity index is 698. The van der Waals surface area contributed by atoms with Crippen molar-refractivity contribution in [2.45, 2.75) is 13.5 Å². The van der Waals surface area contributed by atoms with Gasteiger partial charge in [0.1, 0.15) is 23.3 Å². The summed E-state index contributed by atoms with van der Waals surface area (Å²) in [4.78, 5) is 15.1. The number of aromatic carboxylic acids is 1. The Hall–Kier alpha value is -2.81. The van der Waals surface area contributed by atoms with Crippen molar-refractivity contribution in [3.8, 4) is 11.8 Å². The monoisotopic (exact) mass is 271 g/mol. The fourth-order valence-electron chi connectivity index (χ4n) is 1.96. The minimum Gasteiger partial charge on any atom is -0.495 e. The number of ether oxygens (including phenoxy) is 1. The lowest BCUT2D eigenvalue weighted by Crippen LogP contribution is -2.11. The van der Waals surface area contributed by atoms with Crippen LogP contribution < -0.4 is 4.74 Å². The first kappa shape index (κ1) is 13.6. The molecule has 0 saturated heterocycles. The highest BCUT2D eigenvalue weighted by Gasteiger charge is 2.14. The molecule has 0 aliphatic rings. The molecule has 2 rings (SSSR count). The number of imidazole rings is 1. The Morgan fingerprint density at radius 3 is 2.90 bits per heavy atom. The van der Waals surface area contributed by atoms with Gasteiger partial charge in [-0.15, -0.1) is 0 Å². The molecule has 0 saturated carbocycles. The molecule has 0 fully saturated rings. The third kappa shape index (κ3) is 2.47. The first-order valence-electron chi connectivity index (χ1n) is 5.89. The molecule has 1 N–H and O–H groups in total. The van der Waals surface area contributed by atoms with Gasteiger partial charge in [-0.05, 0) is 24.6 Å². The van der Waals surface area contributed by atoms with E-state index in [-0.39, 0.29) is 5.69 Å². The second kappa shape index (κ2) is 5.45. The lowest BCUT2D eigenvalue weighted by molar-refractivity contribution is 0.0685. The van der Waals surface area contributed by atoms with Gasteiger partial charge < -0.3 is 14.4 Å². The van der Waals surface area contributed by atoms with Gasteiger partial charge in [-0.3, -0.25) is 0 Å². The molecule has 0 atom stereocenters. The maximum atomic E-state index is 11.1. The molecular formula is C14H13N3O3. The molecule has 1 heterocycles. The van der Waals surface area contributed by atoms with Crippen molar-refractivity contribution in [2.24, 2.45) is 0 Å². The summed E-state index contributed by atoms with van der Waals surface area (Å²) in [5.41, 5.74) is 1.35. The summed E-state index contributed by atoms with van der Waals surface area (Å²) in [7, 11) is 1.50. The Kier molecular flexibility index (Phi) is 3.71. The minimum absolute atomic E-state index is 0.122. The molecule has 102 valence electrons. The number of carbonyl (C=O) groups is 1. The van der Waals surface area contributed by atoms with Gasteiger partial charge in [0.15, 0.2) is 0 Å². The van der Waals surface area contributed by atoms with E-state index in [2.05, 4.69) is 11.1 Å². The maximum Gasteiger partial charge on any atom is 0.354 e. The lowest BCUT2D eigenvalue weighted by Gasteiger charge is -2.10. The van der Waals surface area contributed by atoms with Crippen LogP contribution >= 0.6 is 0 Å². The maximum absolute atomic E-state index is 11.1. The van der Waals surface area contributed by atoms with Gasteiger partial charge in [0.25, 0.3) is 0 Å². The van der Waals surface area contributed by atoms with Gasteiger partial charge in [-0.1, -0.05) is 6.07 Å². The lowest BCUT2D eigenvalue weighted by atomic mass is 10.1. The summed E-state index contributed by atoms with van der Waals surface area (Å²) in [5, 5.41) is 18.2. The molecule has 0 aliphatic heterocycles. The molecule has 6 heteroatoms. The Labute approximate surface area is 115 Å². The summed E-state index contributed by atoms with van der Waals surface area (Å²) in [5.74, 6) is 0.0772. The first-order chi connectivity index (χ1) is 9.56. The second-order valence-corrected chi connectivity index (χ2v) is 4.23. The van der Waals surface area contributed by atoms with Crippen molar-refractivity contribution in [3.05, 3.63) is 47.0 Å². The summed E-state index contributed by atoms with van der Waals surface area (Å²) >= 11 is 0. The van der Waals surface area contributed by atoms with Crippen LogP contribution in [0, 0.1) is 18.3 Å². The first-order valence-corrected chi connectivity index (χ1v) is 5.89. The Morgan fingerprint density at radius 1 is 1.55 bits per heavy atom. The van der Waals surface area contributed by atoms with Crippen molar-refractivity contribution >= 4 is 5.97 Å². The predicted molar refractivity (Wildman–Crippen MR) is 70.7 cm³/mol. The average Bonchev–Trinajstić information content (AvgIpc) is 2.80. The van der Waals surface area contributed by atoms with Gasteiger partial charge in [-0.25, -0.2) is 9.78 Å². The molecule has 6 nitrogen and oxygen atoms in total. The Morgan fingerprint density at radius 2 is 2.30 bits per heavy atom. The van der Waals surface area contributed by atoms with Crippen molar-refractivity contribution in [3.63, 3.8) is 0 Å². The molecular weight excluding hydrogens is 258 g/mol. The number of methoxy groups -OCH3 is 1. The van der Waals surface area contributed by atoms with E-state index in [1.54, 1.807) is 29.7 Å². The smallest absolute Gasteiger partial charge is 0.354 e. The number of nitrogens with zero attached hydrogens (tertiary/aromatic N) is 3. The number of aromatic nitrogens is 2. The zero-order valence-corrected chi connectivity index (χ0v) is 11.1. The van der Waals surface area contributed by atoms with E-state index >= 15 is 0 Å². The quantitative estimate of drug-likeness (QED) is 0.916. The number of carboxylic acid groups (broad SMARTS) is 1. The average molecular weight is 271 g/mol. The van der Waals surface area contributed by atoms with E-state index < -0.39 is 5.97 Å². The fourth-order valence-corrected chi connectivity index (χ4v) is 1.96. The van der Waals surface area contributed by atoms with Crippen molar-refractivity contribution in [1.29, 1.82) is 5.26 Å². The van der Waals surface area contributed by atoms with Crippen LogP contribution in [0.4, 0.5) is 0 Å². The van der Waals surface area contributed by atoms with Crippen molar-refractivity contribution < 1.29 is 14.6 Å². The summed E-state index contributed by atoms with van der Waals surface area (Å²) in [6, 6.07) is 7.23. The number of aryl methyl sites for hydroxylation is 1. The van der Waals surface area contributed by atoms with E-state index in [1.807, 2.05) is 0 Å². The second-order valence-electron chi connectivity index (χ2n) is 4.23. The molecule has 2 aromatic rings. The van der Waals surface area contributed by atoms with Crippen LogP contribution in [-0.4, -0.2) is 27.7 Å². The highest BCUT2D eigenvalue weighted by atomic mass is 16.5. The van der Waals surface area contributed by atoms with E-state index in [0.29, 0.717) is 23.7 Å². The number of hydrogen-bond acceptors (Lipinski definition) is 4. The molecule has 0 radical (unpaired) electrons. The number of hydrogen-bond donors (Lipinski definition) is 1. The zero-order chi connectivity index (χ0) is 14.7. The van der Waals surface area contributed by atoms with Crippen LogP contribution in [0.5, 0.6) is 5.75 Å². The molecule has 1 aromatic carbocycles. The van der Waals surface area contributed by atoms with Crippen LogP contribution in [0.3, 0.4) is 0 Å². The summed E-state index contributed by atoms with van der Waals surface area (Å²) in [6.07, 6.45) is 1.33. The predicted octanol–water partition coefficient (Wildman–Crippen LogP) is 1.82. The number of benzene rings is 1. The van der Waals surface area contributed by atoms with E-state index in [4.69, 9.17) is 15.1 Å². The van der Waals surface area contributed by atoms with Gasteiger partial charge >= 0.3 is 5.97 Å². The highest BCUT2D eigenvalue weighted by Crippen LogP contribution is 2.20.